The normalized spacial score (nSPS) is 11.2. The van der Waals surface area contributed by atoms with Crippen LogP contribution in [-0.4, -0.2) is 56.8 Å². The second kappa shape index (κ2) is 8.26. The van der Waals surface area contributed by atoms with Crippen LogP contribution >= 0.6 is 0 Å². The first-order chi connectivity index (χ1) is 13.8. The number of aromatic amines is 1. The van der Waals surface area contributed by atoms with Gasteiger partial charge in [0.15, 0.2) is 0 Å². The molecule has 3 heterocycles. The van der Waals surface area contributed by atoms with E-state index in [2.05, 4.69) is 37.1 Å². The summed E-state index contributed by atoms with van der Waals surface area (Å²) in [6.45, 7) is 3.93. The van der Waals surface area contributed by atoms with E-state index in [1.54, 1.807) is 39.3 Å². The lowest BCUT2D eigenvalue weighted by molar-refractivity contribution is 0.0933. The van der Waals surface area contributed by atoms with Crippen molar-refractivity contribution in [3.63, 3.8) is 0 Å². The highest BCUT2D eigenvalue weighted by Crippen LogP contribution is 2.31. The Morgan fingerprint density at radius 3 is 2.90 bits per heavy atom. The summed E-state index contributed by atoms with van der Waals surface area (Å²) in [4.78, 5) is 28.3. The van der Waals surface area contributed by atoms with Gasteiger partial charge in [-0.05, 0) is 31.9 Å². The van der Waals surface area contributed by atoms with Gasteiger partial charge in [-0.1, -0.05) is 5.92 Å². The van der Waals surface area contributed by atoms with Gasteiger partial charge in [-0.25, -0.2) is 15.0 Å². The standard InChI is InChI=1S/C20H22N6O3/c1-20(2,28)6-4-12-10-13-15(11-24-12)25-17(18(27)22-8-9-29-3)16(13)14-5-7-23-19(21)26-14/h5,7,10-11,25,28H,8-9H2,1-3H3,(H,22,27)(H2,21,23,26). The summed E-state index contributed by atoms with van der Waals surface area (Å²) in [6.07, 6.45) is 3.11. The number of aliphatic hydroxyl groups is 1. The monoisotopic (exact) mass is 394 g/mol. The molecule has 150 valence electrons. The van der Waals surface area contributed by atoms with Gasteiger partial charge in [0.25, 0.3) is 5.91 Å². The van der Waals surface area contributed by atoms with Crippen molar-refractivity contribution < 1.29 is 14.6 Å². The van der Waals surface area contributed by atoms with E-state index in [-0.39, 0.29) is 11.9 Å². The van der Waals surface area contributed by atoms with Crippen LogP contribution in [0.4, 0.5) is 5.95 Å². The minimum absolute atomic E-state index is 0.0960. The molecule has 0 aliphatic rings. The summed E-state index contributed by atoms with van der Waals surface area (Å²) in [5, 5.41) is 13.3. The molecule has 0 fully saturated rings. The maximum atomic E-state index is 12.8. The second-order valence-electron chi connectivity index (χ2n) is 6.85. The number of ether oxygens (including phenoxy) is 1. The van der Waals surface area contributed by atoms with Gasteiger partial charge >= 0.3 is 0 Å². The van der Waals surface area contributed by atoms with Gasteiger partial charge in [0.2, 0.25) is 5.95 Å². The van der Waals surface area contributed by atoms with Crippen LogP contribution in [-0.2, 0) is 4.74 Å². The molecule has 3 aromatic rings. The zero-order valence-electron chi connectivity index (χ0n) is 16.4. The molecule has 3 aromatic heterocycles. The summed E-state index contributed by atoms with van der Waals surface area (Å²) in [6, 6.07) is 3.41. The maximum Gasteiger partial charge on any atom is 0.268 e. The molecule has 5 N–H and O–H groups in total. The Kier molecular flexibility index (Phi) is 5.77. The molecule has 0 saturated carbocycles. The molecule has 3 rings (SSSR count). The van der Waals surface area contributed by atoms with Gasteiger partial charge in [0.05, 0.1) is 24.0 Å². The third-order valence-corrected chi connectivity index (χ3v) is 3.93. The van der Waals surface area contributed by atoms with Crippen LogP contribution in [0.25, 0.3) is 22.2 Å². The molecular weight excluding hydrogens is 372 g/mol. The fourth-order valence-corrected chi connectivity index (χ4v) is 2.68. The van der Waals surface area contributed by atoms with E-state index in [4.69, 9.17) is 10.5 Å². The van der Waals surface area contributed by atoms with E-state index in [1.807, 2.05) is 0 Å². The van der Waals surface area contributed by atoms with Crippen molar-refractivity contribution in [1.29, 1.82) is 0 Å². The number of nitrogens with two attached hydrogens (primary N) is 1. The van der Waals surface area contributed by atoms with Gasteiger partial charge in [-0.15, -0.1) is 0 Å². The van der Waals surface area contributed by atoms with Crippen LogP contribution in [0.2, 0.25) is 0 Å². The van der Waals surface area contributed by atoms with Crippen molar-refractivity contribution in [1.82, 2.24) is 25.3 Å². The number of carbonyl (C=O) groups excluding carboxylic acids is 1. The van der Waals surface area contributed by atoms with Crippen LogP contribution in [0.15, 0.2) is 24.5 Å². The number of anilines is 1. The molecule has 0 atom stereocenters. The number of amides is 1. The Hall–Kier alpha value is -3.48. The molecular formula is C20H22N6O3. The van der Waals surface area contributed by atoms with E-state index in [1.165, 1.54) is 6.20 Å². The maximum absolute atomic E-state index is 12.8. The number of hydrogen-bond donors (Lipinski definition) is 4. The Bertz CT molecular complexity index is 1100. The van der Waals surface area contributed by atoms with Crippen molar-refractivity contribution in [2.24, 2.45) is 0 Å². The first-order valence-electron chi connectivity index (χ1n) is 8.92. The van der Waals surface area contributed by atoms with Gasteiger partial charge in [0, 0.05) is 30.8 Å². The average Bonchev–Trinajstić information content (AvgIpc) is 3.05. The van der Waals surface area contributed by atoms with Crippen molar-refractivity contribution >= 4 is 22.8 Å². The minimum atomic E-state index is -1.15. The largest absolute Gasteiger partial charge is 0.383 e. The fourth-order valence-electron chi connectivity index (χ4n) is 2.68. The Balaban J connectivity index is 2.15. The van der Waals surface area contributed by atoms with Crippen molar-refractivity contribution in [2.45, 2.75) is 19.4 Å². The number of rotatable bonds is 5. The Morgan fingerprint density at radius 2 is 2.21 bits per heavy atom. The number of nitrogens with zero attached hydrogens (tertiary/aromatic N) is 3. The van der Waals surface area contributed by atoms with E-state index >= 15 is 0 Å². The number of methoxy groups -OCH3 is 1. The van der Waals surface area contributed by atoms with Crippen molar-refractivity contribution in [3.05, 3.63) is 35.9 Å². The van der Waals surface area contributed by atoms with Gasteiger partial charge < -0.3 is 25.9 Å². The summed E-state index contributed by atoms with van der Waals surface area (Å²) in [5.41, 5.74) is 7.08. The minimum Gasteiger partial charge on any atom is -0.383 e. The van der Waals surface area contributed by atoms with Crippen LogP contribution in [0.3, 0.4) is 0 Å². The number of H-pyrrole nitrogens is 1. The highest BCUT2D eigenvalue weighted by Gasteiger charge is 2.21. The average molecular weight is 394 g/mol. The van der Waals surface area contributed by atoms with Gasteiger partial charge in [0.1, 0.15) is 17.0 Å². The van der Waals surface area contributed by atoms with E-state index in [0.717, 1.165) is 0 Å². The smallest absolute Gasteiger partial charge is 0.268 e. The molecule has 0 aromatic carbocycles. The molecule has 29 heavy (non-hydrogen) atoms. The van der Waals surface area contributed by atoms with Crippen LogP contribution in [0, 0.1) is 11.8 Å². The number of carbonyl (C=O) groups is 1. The molecule has 0 unspecified atom stereocenters. The summed E-state index contributed by atoms with van der Waals surface area (Å²) >= 11 is 0. The molecule has 0 saturated heterocycles. The topological polar surface area (TPSA) is 139 Å². The zero-order chi connectivity index (χ0) is 21.0. The van der Waals surface area contributed by atoms with E-state index in [0.29, 0.717) is 46.7 Å². The number of nitrogens with one attached hydrogen (secondary N) is 2. The molecule has 0 aliphatic heterocycles. The third-order valence-electron chi connectivity index (χ3n) is 3.93. The lowest BCUT2D eigenvalue weighted by Gasteiger charge is -2.07. The second-order valence-corrected chi connectivity index (χ2v) is 6.85. The molecule has 0 radical (unpaired) electrons. The molecule has 0 spiro atoms. The van der Waals surface area contributed by atoms with Crippen molar-refractivity contribution in [2.75, 3.05) is 26.0 Å². The first-order valence-corrected chi connectivity index (χ1v) is 8.92. The highest BCUT2D eigenvalue weighted by molar-refractivity contribution is 6.09. The molecule has 0 aliphatic carbocycles. The highest BCUT2D eigenvalue weighted by atomic mass is 16.5. The summed E-state index contributed by atoms with van der Waals surface area (Å²) < 4.78 is 4.98. The van der Waals surface area contributed by atoms with E-state index in [9.17, 15) is 9.90 Å². The molecule has 1 amide bonds. The van der Waals surface area contributed by atoms with Gasteiger partial charge in [-0.3, -0.25) is 4.79 Å². The van der Waals surface area contributed by atoms with Crippen LogP contribution < -0.4 is 11.1 Å². The number of pyridine rings is 1. The van der Waals surface area contributed by atoms with E-state index < -0.39 is 5.60 Å². The SMILES string of the molecule is COCCNC(=O)c1[nH]c2cnc(C#CC(C)(C)O)cc2c1-c1ccnc(N)n1. The predicted molar refractivity (Wildman–Crippen MR) is 109 cm³/mol. The Morgan fingerprint density at radius 1 is 1.41 bits per heavy atom. The number of fused-ring (bicyclic) bond motifs is 1. The fraction of sp³-hybridized carbons (Fsp3) is 0.300. The number of hydrogen-bond acceptors (Lipinski definition) is 7. The number of nitrogen functional groups attached to an aromatic ring is 1. The van der Waals surface area contributed by atoms with Crippen LogP contribution in [0.1, 0.15) is 30.0 Å². The lowest BCUT2D eigenvalue weighted by atomic mass is 10.1. The molecule has 0 bridgehead atoms. The Labute approximate surface area is 167 Å². The molecule has 9 heteroatoms. The first kappa shape index (κ1) is 20.3. The zero-order valence-corrected chi connectivity index (χ0v) is 16.4. The molecule has 9 nitrogen and oxygen atoms in total. The summed E-state index contributed by atoms with van der Waals surface area (Å²) in [7, 11) is 1.56. The lowest BCUT2D eigenvalue weighted by Crippen LogP contribution is -2.27. The van der Waals surface area contributed by atoms with Gasteiger partial charge in [-0.2, -0.15) is 0 Å². The van der Waals surface area contributed by atoms with Crippen LogP contribution in [0.5, 0.6) is 0 Å². The predicted octanol–water partition coefficient (Wildman–Crippen LogP) is 1.10. The van der Waals surface area contributed by atoms with Crippen molar-refractivity contribution in [3.8, 4) is 23.1 Å². The quantitative estimate of drug-likeness (QED) is 0.375. The number of aromatic nitrogens is 4. The third kappa shape index (κ3) is 4.87. The summed E-state index contributed by atoms with van der Waals surface area (Å²) in [5.74, 6) is 5.36.